The fourth-order valence-corrected chi connectivity index (χ4v) is 2.30. The van der Waals surface area contributed by atoms with Crippen LogP contribution in [0, 0.1) is 0 Å². The molecule has 0 radical (unpaired) electrons. The summed E-state index contributed by atoms with van der Waals surface area (Å²) in [6.45, 7) is 3.80. The Bertz CT molecular complexity index is 460. The van der Waals surface area contributed by atoms with E-state index in [1.54, 1.807) is 31.9 Å². The summed E-state index contributed by atoms with van der Waals surface area (Å²) in [5, 5.41) is 0. The molecule has 110 valence electrons. The van der Waals surface area contributed by atoms with Gasteiger partial charge in [-0.1, -0.05) is 12.1 Å². The summed E-state index contributed by atoms with van der Waals surface area (Å²) in [6.07, 6.45) is 0. The molecule has 20 heavy (non-hydrogen) atoms. The van der Waals surface area contributed by atoms with Crippen molar-refractivity contribution in [3.8, 4) is 0 Å². The van der Waals surface area contributed by atoms with Crippen LogP contribution in [0.4, 0.5) is 5.69 Å². The number of para-hydroxylation sites is 1. The molecule has 0 saturated heterocycles. The van der Waals surface area contributed by atoms with Gasteiger partial charge in [0.05, 0.1) is 18.9 Å². The molecule has 0 fully saturated rings. The number of hydrogen-bond acceptors (Lipinski definition) is 5. The summed E-state index contributed by atoms with van der Waals surface area (Å²) in [5.41, 5.74) is 0.707. The standard InChI is InChI=1S/C14H18BrNO4/c1-4-19-13(17)12(14(18)20-5-2)16(3)11-9-7-6-8-10(11)15/h6-9,12H,4-5H2,1-3H3. The van der Waals surface area contributed by atoms with E-state index in [-0.39, 0.29) is 13.2 Å². The molecule has 0 bridgehead atoms. The van der Waals surface area contributed by atoms with Gasteiger partial charge in [0.1, 0.15) is 0 Å². The topological polar surface area (TPSA) is 55.8 Å². The fraction of sp³-hybridized carbons (Fsp3) is 0.429. The van der Waals surface area contributed by atoms with Crippen LogP contribution < -0.4 is 4.90 Å². The molecule has 6 heteroatoms. The van der Waals surface area contributed by atoms with E-state index >= 15 is 0 Å². The molecule has 1 rings (SSSR count). The van der Waals surface area contributed by atoms with Crippen LogP contribution in [-0.4, -0.2) is 38.2 Å². The highest BCUT2D eigenvalue weighted by atomic mass is 79.9. The monoisotopic (exact) mass is 343 g/mol. The number of anilines is 1. The second-order valence-electron chi connectivity index (χ2n) is 3.97. The number of hydrogen-bond donors (Lipinski definition) is 0. The minimum absolute atomic E-state index is 0.207. The summed E-state index contributed by atoms with van der Waals surface area (Å²) in [5.74, 6) is -1.24. The molecular formula is C14H18BrNO4. The Hall–Kier alpha value is -1.56. The van der Waals surface area contributed by atoms with Crippen molar-refractivity contribution in [1.82, 2.24) is 0 Å². The largest absolute Gasteiger partial charge is 0.464 e. The Morgan fingerprint density at radius 1 is 1.15 bits per heavy atom. The number of ether oxygens (including phenoxy) is 2. The molecule has 0 spiro atoms. The van der Waals surface area contributed by atoms with Crippen molar-refractivity contribution in [3.63, 3.8) is 0 Å². The van der Waals surface area contributed by atoms with Gasteiger partial charge in [0.15, 0.2) is 0 Å². The number of benzene rings is 1. The molecule has 1 aromatic rings. The van der Waals surface area contributed by atoms with Crippen LogP contribution in [0.1, 0.15) is 13.8 Å². The normalized spacial score (nSPS) is 10.2. The first-order valence-corrected chi connectivity index (χ1v) is 7.12. The molecule has 0 aliphatic carbocycles. The molecular weight excluding hydrogens is 326 g/mol. The first kappa shape index (κ1) is 16.5. The average molecular weight is 344 g/mol. The zero-order chi connectivity index (χ0) is 15.1. The lowest BCUT2D eigenvalue weighted by molar-refractivity contribution is -0.156. The third-order valence-electron chi connectivity index (χ3n) is 2.64. The molecule has 0 aliphatic rings. The van der Waals surface area contributed by atoms with Crippen LogP contribution in [0.15, 0.2) is 28.7 Å². The Labute approximate surface area is 127 Å². The van der Waals surface area contributed by atoms with Crippen LogP contribution in [-0.2, 0) is 19.1 Å². The predicted octanol–water partition coefficient (Wildman–Crippen LogP) is 2.38. The molecule has 0 aromatic heterocycles. The highest BCUT2D eigenvalue weighted by molar-refractivity contribution is 9.10. The van der Waals surface area contributed by atoms with E-state index < -0.39 is 18.0 Å². The second kappa shape index (κ2) is 7.89. The van der Waals surface area contributed by atoms with Gasteiger partial charge in [-0.15, -0.1) is 0 Å². The minimum atomic E-state index is -1.12. The van der Waals surface area contributed by atoms with Crippen molar-refractivity contribution >= 4 is 33.6 Å². The van der Waals surface area contributed by atoms with E-state index in [0.29, 0.717) is 5.69 Å². The Morgan fingerprint density at radius 3 is 2.10 bits per heavy atom. The number of likely N-dealkylation sites (N-methyl/N-ethyl adjacent to an activating group) is 1. The lowest BCUT2D eigenvalue weighted by atomic mass is 10.2. The SMILES string of the molecule is CCOC(=O)C(C(=O)OCC)N(C)c1ccccc1Br. The third kappa shape index (κ3) is 3.96. The van der Waals surface area contributed by atoms with Crippen molar-refractivity contribution < 1.29 is 19.1 Å². The van der Waals surface area contributed by atoms with E-state index in [2.05, 4.69) is 15.9 Å². The first-order chi connectivity index (χ1) is 9.52. The molecule has 1 aromatic carbocycles. The maximum atomic E-state index is 12.0. The van der Waals surface area contributed by atoms with Gasteiger partial charge in [-0.2, -0.15) is 0 Å². The molecule has 0 amide bonds. The second-order valence-corrected chi connectivity index (χ2v) is 4.82. The van der Waals surface area contributed by atoms with Crippen molar-refractivity contribution in [2.45, 2.75) is 19.9 Å². The molecule has 0 N–H and O–H groups in total. The van der Waals surface area contributed by atoms with E-state index in [1.165, 1.54) is 0 Å². The van der Waals surface area contributed by atoms with E-state index in [4.69, 9.17) is 9.47 Å². The van der Waals surface area contributed by atoms with Crippen LogP contribution in [0.25, 0.3) is 0 Å². The quantitative estimate of drug-likeness (QED) is 0.586. The smallest absolute Gasteiger partial charge is 0.340 e. The van der Waals surface area contributed by atoms with Gasteiger partial charge in [0.2, 0.25) is 6.04 Å². The number of carbonyl (C=O) groups is 2. The van der Waals surface area contributed by atoms with Crippen LogP contribution in [0.3, 0.4) is 0 Å². The number of carbonyl (C=O) groups excluding carboxylic acids is 2. The van der Waals surface area contributed by atoms with Gasteiger partial charge in [0.25, 0.3) is 0 Å². The van der Waals surface area contributed by atoms with E-state index in [0.717, 1.165) is 4.47 Å². The number of esters is 2. The van der Waals surface area contributed by atoms with Gasteiger partial charge >= 0.3 is 11.9 Å². The minimum Gasteiger partial charge on any atom is -0.464 e. The zero-order valence-electron chi connectivity index (χ0n) is 11.8. The van der Waals surface area contributed by atoms with Crippen molar-refractivity contribution in [2.24, 2.45) is 0 Å². The zero-order valence-corrected chi connectivity index (χ0v) is 13.3. The maximum absolute atomic E-state index is 12.0. The predicted molar refractivity (Wildman–Crippen MR) is 79.6 cm³/mol. The Kier molecular flexibility index (Phi) is 6.51. The highest BCUT2D eigenvalue weighted by Crippen LogP contribution is 2.26. The number of rotatable bonds is 6. The summed E-state index contributed by atoms with van der Waals surface area (Å²) < 4.78 is 10.7. The summed E-state index contributed by atoms with van der Waals surface area (Å²) >= 11 is 3.40. The Balaban J connectivity index is 3.06. The van der Waals surface area contributed by atoms with Crippen molar-refractivity contribution in [3.05, 3.63) is 28.7 Å². The highest BCUT2D eigenvalue weighted by Gasteiger charge is 2.34. The summed E-state index contributed by atoms with van der Waals surface area (Å²) in [7, 11) is 1.65. The van der Waals surface area contributed by atoms with Gasteiger partial charge in [-0.05, 0) is 41.9 Å². The molecule has 0 unspecified atom stereocenters. The number of halogens is 1. The van der Waals surface area contributed by atoms with Crippen LogP contribution >= 0.6 is 15.9 Å². The molecule has 0 saturated carbocycles. The van der Waals surface area contributed by atoms with Crippen molar-refractivity contribution in [1.29, 1.82) is 0 Å². The molecule has 5 nitrogen and oxygen atoms in total. The molecule has 0 aliphatic heterocycles. The molecule has 0 heterocycles. The average Bonchev–Trinajstić information content (AvgIpc) is 2.40. The maximum Gasteiger partial charge on any atom is 0.340 e. The lowest BCUT2D eigenvalue weighted by Crippen LogP contribution is -2.47. The Morgan fingerprint density at radius 2 is 1.65 bits per heavy atom. The summed E-state index contributed by atoms with van der Waals surface area (Å²) in [6, 6.07) is 6.19. The lowest BCUT2D eigenvalue weighted by Gasteiger charge is -2.27. The first-order valence-electron chi connectivity index (χ1n) is 6.33. The van der Waals surface area contributed by atoms with E-state index in [1.807, 2.05) is 18.2 Å². The van der Waals surface area contributed by atoms with Crippen LogP contribution in [0.5, 0.6) is 0 Å². The fourth-order valence-electron chi connectivity index (χ4n) is 1.73. The molecule has 0 atom stereocenters. The van der Waals surface area contributed by atoms with Gasteiger partial charge in [-0.3, -0.25) is 0 Å². The van der Waals surface area contributed by atoms with Gasteiger partial charge in [0, 0.05) is 11.5 Å². The van der Waals surface area contributed by atoms with Crippen molar-refractivity contribution in [2.75, 3.05) is 25.2 Å². The summed E-state index contributed by atoms with van der Waals surface area (Å²) in [4.78, 5) is 25.6. The van der Waals surface area contributed by atoms with E-state index in [9.17, 15) is 9.59 Å². The van der Waals surface area contributed by atoms with Crippen LogP contribution in [0.2, 0.25) is 0 Å². The van der Waals surface area contributed by atoms with Gasteiger partial charge in [-0.25, -0.2) is 9.59 Å². The number of nitrogens with zero attached hydrogens (tertiary/aromatic N) is 1. The third-order valence-corrected chi connectivity index (χ3v) is 3.31. The van der Waals surface area contributed by atoms with Gasteiger partial charge < -0.3 is 14.4 Å².